The van der Waals surface area contributed by atoms with Crippen LogP contribution < -0.4 is 0 Å². The van der Waals surface area contributed by atoms with Crippen LogP contribution in [0, 0.1) is 0 Å². The number of hydrogen-bond acceptors (Lipinski definition) is 3. The summed E-state index contributed by atoms with van der Waals surface area (Å²) in [6.07, 6.45) is 0. The Morgan fingerprint density at radius 2 is 1.55 bits per heavy atom. The molecule has 1 N–H and O–H groups in total. The highest BCUT2D eigenvalue weighted by Gasteiger charge is 2.38. The number of phenols is 1. The Balaban J connectivity index is 2.01. The first-order valence-corrected chi connectivity index (χ1v) is 6.35. The van der Waals surface area contributed by atoms with Gasteiger partial charge in [-0.25, -0.2) is 0 Å². The third kappa shape index (κ3) is 1.77. The van der Waals surface area contributed by atoms with Gasteiger partial charge in [-0.2, -0.15) is 0 Å². The number of carbonyl (C=O) groups is 2. The lowest BCUT2D eigenvalue weighted by atomic mass is 10.1. The monoisotopic (exact) mass is 267 g/mol. The fraction of sp³-hybridized carbons (Fsp3) is 0.125. The SMILES string of the molecule is C[C@H](c1cccc(O)c1)N1C(=O)c2ccccc2C1=O. The van der Waals surface area contributed by atoms with E-state index >= 15 is 0 Å². The van der Waals surface area contributed by atoms with Gasteiger partial charge in [-0.3, -0.25) is 14.5 Å². The number of phenolic OH excluding ortho intramolecular Hbond substituents is 1. The molecule has 0 aromatic heterocycles. The van der Waals surface area contributed by atoms with E-state index in [1.54, 1.807) is 55.5 Å². The molecule has 0 saturated heterocycles. The summed E-state index contributed by atoms with van der Waals surface area (Å²) in [6, 6.07) is 13.0. The zero-order valence-electron chi connectivity index (χ0n) is 10.9. The number of hydrogen-bond donors (Lipinski definition) is 1. The minimum absolute atomic E-state index is 0.117. The number of amides is 2. The van der Waals surface area contributed by atoms with Crippen LogP contribution in [0.3, 0.4) is 0 Å². The van der Waals surface area contributed by atoms with Crippen LogP contribution in [0.5, 0.6) is 5.75 Å². The molecule has 3 rings (SSSR count). The Bertz CT molecular complexity index is 673. The van der Waals surface area contributed by atoms with E-state index in [2.05, 4.69) is 0 Å². The van der Waals surface area contributed by atoms with Crippen LogP contribution in [0.4, 0.5) is 0 Å². The molecule has 2 aromatic carbocycles. The van der Waals surface area contributed by atoms with E-state index in [1.165, 1.54) is 4.90 Å². The van der Waals surface area contributed by atoms with Crippen molar-refractivity contribution in [2.45, 2.75) is 13.0 Å². The smallest absolute Gasteiger partial charge is 0.262 e. The van der Waals surface area contributed by atoms with Gasteiger partial charge in [-0.05, 0) is 36.8 Å². The van der Waals surface area contributed by atoms with Gasteiger partial charge in [0.1, 0.15) is 5.75 Å². The van der Waals surface area contributed by atoms with Crippen molar-refractivity contribution in [1.82, 2.24) is 4.90 Å². The molecule has 0 aliphatic carbocycles. The van der Waals surface area contributed by atoms with E-state index in [0.29, 0.717) is 11.1 Å². The first-order valence-electron chi connectivity index (χ1n) is 6.35. The van der Waals surface area contributed by atoms with Gasteiger partial charge in [0, 0.05) is 0 Å². The normalized spacial score (nSPS) is 15.3. The molecule has 2 amide bonds. The van der Waals surface area contributed by atoms with Crippen molar-refractivity contribution in [3.8, 4) is 5.75 Å². The summed E-state index contributed by atoms with van der Waals surface area (Å²) in [6.45, 7) is 1.77. The molecule has 0 radical (unpaired) electrons. The summed E-state index contributed by atoms with van der Waals surface area (Å²) in [7, 11) is 0. The molecule has 4 nitrogen and oxygen atoms in total. The number of carbonyl (C=O) groups excluding carboxylic acids is 2. The van der Waals surface area contributed by atoms with Gasteiger partial charge in [0.2, 0.25) is 0 Å². The molecule has 1 aliphatic rings. The number of nitrogens with zero attached hydrogens (tertiary/aromatic N) is 1. The molecule has 20 heavy (non-hydrogen) atoms. The molecule has 0 unspecified atom stereocenters. The van der Waals surface area contributed by atoms with Crippen LogP contribution in [-0.4, -0.2) is 21.8 Å². The topological polar surface area (TPSA) is 57.6 Å². The summed E-state index contributed by atoms with van der Waals surface area (Å²) >= 11 is 0. The fourth-order valence-corrected chi connectivity index (χ4v) is 2.49. The highest BCUT2D eigenvalue weighted by Crippen LogP contribution is 2.31. The molecule has 1 aliphatic heterocycles. The molecule has 1 atom stereocenters. The average molecular weight is 267 g/mol. The van der Waals surface area contributed by atoms with Crippen molar-refractivity contribution in [3.05, 3.63) is 65.2 Å². The zero-order chi connectivity index (χ0) is 14.3. The Morgan fingerprint density at radius 1 is 0.950 bits per heavy atom. The lowest BCUT2D eigenvalue weighted by molar-refractivity contribution is 0.0595. The molecular weight excluding hydrogens is 254 g/mol. The van der Waals surface area contributed by atoms with Gasteiger partial charge in [0.25, 0.3) is 11.8 Å². The maximum atomic E-state index is 12.3. The van der Waals surface area contributed by atoms with E-state index in [4.69, 9.17) is 0 Å². The summed E-state index contributed by atoms with van der Waals surface area (Å²) in [5.74, 6) is -0.464. The molecule has 0 saturated carbocycles. The van der Waals surface area contributed by atoms with Crippen LogP contribution in [0.2, 0.25) is 0 Å². The van der Waals surface area contributed by atoms with Gasteiger partial charge in [0.15, 0.2) is 0 Å². The van der Waals surface area contributed by atoms with Crippen molar-refractivity contribution < 1.29 is 14.7 Å². The van der Waals surface area contributed by atoms with Crippen LogP contribution >= 0.6 is 0 Å². The second kappa shape index (κ2) is 4.49. The highest BCUT2D eigenvalue weighted by molar-refractivity contribution is 6.21. The third-order valence-electron chi connectivity index (χ3n) is 3.57. The summed E-state index contributed by atoms with van der Waals surface area (Å²) < 4.78 is 0. The molecule has 0 fully saturated rings. The number of rotatable bonds is 2. The Kier molecular flexibility index (Phi) is 2.79. The highest BCUT2D eigenvalue weighted by atomic mass is 16.3. The summed E-state index contributed by atoms with van der Waals surface area (Å²) in [5, 5.41) is 9.52. The first kappa shape index (κ1) is 12.4. The van der Waals surface area contributed by atoms with E-state index < -0.39 is 6.04 Å². The van der Waals surface area contributed by atoms with Crippen molar-refractivity contribution in [3.63, 3.8) is 0 Å². The molecule has 0 spiro atoms. The Labute approximate surface area is 116 Å². The van der Waals surface area contributed by atoms with Crippen LogP contribution in [0.1, 0.15) is 39.2 Å². The summed E-state index contributed by atoms with van der Waals surface area (Å²) in [5.41, 5.74) is 1.59. The molecule has 0 bridgehead atoms. The minimum atomic E-state index is -0.422. The largest absolute Gasteiger partial charge is 0.508 e. The van der Waals surface area contributed by atoms with Crippen LogP contribution in [0.15, 0.2) is 48.5 Å². The van der Waals surface area contributed by atoms with Gasteiger partial charge in [-0.1, -0.05) is 24.3 Å². The van der Waals surface area contributed by atoms with Crippen LogP contribution in [0.25, 0.3) is 0 Å². The lowest BCUT2D eigenvalue weighted by Crippen LogP contribution is -2.32. The lowest BCUT2D eigenvalue weighted by Gasteiger charge is -2.22. The predicted molar refractivity (Wildman–Crippen MR) is 73.5 cm³/mol. The van der Waals surface area contributed by atoms with E-state index in [0.717, 1.165) is 5.56 Å². The number of aromatic hydroxyl groups is 1. The average Bonchev–Trinajstić information content (AvgIpc) is 2.71. The molecule has 2 aromatic rings. The molecule has 1 heterocycles. The predicted octanol–water partition coefficient (Wildman–Crippen LogP) is 2.75. The second-order valence-corrected chi connectivity index (χ2v) is 4.80. The number of fused-ring (bicyclic) bond motifs is 1. The Hall–Kier alpha value is -2.62. The summed E-state index contributed by atoms with van der Waals surface area (Å²) in [4.78, 5) is 25.9. The molecular formula is C16H13NO3. The van der Waals surface area contributed by atoms with Crippen LogP contribution in [-0.2, 0) is 0 Å². The van der Waals surface area contributed by atoms with Gasteiger partial charge in [0.05, 0.1) is 17.2 Å². The van der Waals surface area contributed by atoms with Crippen molar-refractivity contribution in [2.75, 3.05) is 0 Å². The van der Waals surface area contributed by atoms with Gasteiger partial charge in [-0.15, -0.1) is 0 Å². The quantitative estimate of drug-likeness (QED) is 0.851. The van der Waals surface area contributed by atoms with Crippen molar-refractivity contribution in [2.24, 2.45) is 0 Å². The standard InChI is InChI=1S/C16H13NO3/c1-10(11-5-4-6-12(18)9-11)17-15(19)13-7-2-3-8-14(13)16(17)20/h2-10,18H,1H3/t10-/m1/s1. The van der Waals surface area contributed by atoms with Crippen molar-refractivity contribution in [1.29, 1.82) is 0 Å². The maximum Gasteiger partial charge on any atom is 0.262 e. The third-order valence-corrected chi connectivity index (χ3v) is 3.57. The second-order valence-electron chi connectivity index (χ2n) is 4.80. The molecule has 4 heteroatoms. The van der Waals surface area contributed by atoms with Gasteiger partial charge < -0.3 is 5.11 Å². The molecule has 100 valence electrons. The number of benzene rings is 2. The first-order chi connectivity index (χ1) is 9.59. The van der Waals surface area contributed by atoms with E-state index in [9.17, 15) is 14.7 Å². The zero-order valence-corrected chi connectivity index (χ0v) is 10.9. The van der Waals surface area contributed by atoms with E-state index in [-0.39, 0.29) is 17.6 Å². The fourth-order valence-electron chi connectivity index (χ4n) is 2.49. The van der Waals surface area contributed by atoms with Gasteiger partial charge >= 0.3 is 0 Å². The van der Waals surface area contributed by atoms with E-state index in [1.807, 2.05) is 0 Å². The van der Waals surface area contributed by atoms with Crippen molar-refractivity contribution >= 4 is 11.8 Å². The maximum absolute atomic E-state index is 12.3. The Morgan fingerprint density at radius 3 is 2.10 bits per heavy atom. The number of imide groups is 1. The minimum Gasteiger partial charge on any atom is -0.508 e.